The van der Waals surface area contributed by atoms with E-state index in [1.54, 1.807) is 0 Å². The third kappa shape index (κ3) is 4.55. The molecule has 1 saturated carbocycles. The lowest BCUT2D eigenvalue weighted by molar-refractivity contribution is -0.132. The molecule has 1 fully saturated rings. The molecule has 1 amide bonds. The molecule has 0 heterocycles. The molecule has 0 spiro atoms. The predicted molar refractivity (Wildman–Crippen MR) is 83.2 cm³/mol. The summed E-state index contributed by atoms with van der Waals surface area (Å²) in [5, 5.41) is 0. The van der Waals surface area contributed by atoms with E-state index in [9.17, 15) is 4.79 Å². The first-order chi connectivity index (χ1) is 9.70. The van der Waals surface area contributed by atoms with Gasteiger partial charge in [-0.15, -0.1) is 0 Å². The van der Waals surface area contributed by atoms with Gasteiger partial charge in [-0.25, -0.2) is 0 Å². The van der Waals surface area contributed by atoms with Crippen molar-refractivity contribution < 1.29 is 4.79 Å². The molecule has 1 aliphatic rings. The minimum atomic E-state index is 0.320. The Balaban J connectivity index is 1.86. The Hall–Kier alpha value is -1.51. The maximum atomic E-state index is 12.4. The molecule has 0 unspecified atom stereocenters. The van der Waals surface area contributed by atoms with Crippen molar-refractivity contribution in [1.29, 1.82) is 0 Å². The number of unbranched alkanes of at least 4 members (excludes halogenated alkanes) is 3. The van der Waals surface area contributed by atoms with Crippen molar-refractivity contribution in [2.24, 2.45) is 0 Å². The fourth-order valence-corrected chi connectivity index (χ4v) is 2.47. The molecule has 2 rings (SSSR count). The maximum Gasteiger partial charge on any atom is 0.223 e. The Morgan fingerprint density at radius 1 is 1.20 bits per heavy atom. The van der Waals surface area contributed by atoms with Crippen LogP contribution in [0.4, 0.5) is 5.69 Å². The van der Waals surface area contributed by atoms with E-state index >= 15 is 0 Å². The van der Waals surface area contributed by atoms with Gasteiger partial charge >= 0.3 is 0 Å². The van der Waals surface area contributed by atoms with Crippen LogP contribution in [0.1, 0.15) is 57.4 Å². The first-order valence-corrected chi connectivity index (χ1v) is 7.84. The van der Waals surface area contributed by atoms with Crippen molar-refractivity contribution in [3.63, 3.8) is 0 Å². The van der Waals surface area contributed by atoms with Crippen molar-refractivity contribution >= 4 is 11.6 Å². The van der Waals surface area contributed by atoms with Gasteiger partial charge in [0.2, 0.25) is 5.91 Å². The van der Waals surface area contributed by atoms with Gasteiger partial charge < -0.3 is 10.6 Å². The number of nitrogens with zero attached hydrogens (tertiary/aromatic N) is 1. The quantitative estimate of drug-likeness (QED) is 0.580. The molecule has 110 valence electrons. The van der Waals surface area contributed by atoms with E-state index in [-0.39, 0.29) is 0 Å². The molecule has 0 aliphatic heterocycles. The average molecular weight is 274 g/mol. The van der Waals surface area contributed by atoms with E-state index < -0.39 is 0 Å². The largest absolute Gasteiger partial charge is 0.399 e. The number of hydrogen-bond donors (Lipinski definition) is 1. The highest BCUT2D eigenvalue weighted by atomic mass is 16.2. The molecule has 3 nitrogen and oxygen atoms in total. The molecule has 0 radical (unpaired) electrons. The standard InChI is InChI=1S/C17H26N2O/c1-2-3-4-5-6-17(20)19(16-11-12-16)13-14-7-9-15(18)10-8-14/h7-10,16H,2-6,11-13,18H2,1H3. The number of rotatable bonds is 8. The number of nitrogen functional groups attached to an aromatic ring is 1. The molecule has 1 aromatic rings. The summed E-state index contributed by atoms with van der Waals surface area (Å²) in [7, 11) is 0. The van der Waals surface area contributed by atoms with Gasteiger partial charge in [0.25, 0.3) is 0 Å². The van der Waals surface area contributed by atoms with Crippen LogP contribution in [-0.2, 0) is 11.3 Å². The molecule has 0 bridgehead atoms. The highest BCUT2D eigenvalue weighted by molar-refractivity contribution is 5.76. The topological polar surface area (TPSA) is 46.3 Å². The lowest BCUT2D eigenvalue weighted by Crippen LogP contribution is -2.32. The number of amides is 1. The summed E-state index contributed by atoms with van der Waals surface area (Å²) in [4.78, 5) is 14.4. The summed E-state index contributed by atoms with van der Waals surface area (Å²) in [5.74, 6) is 0.320. The molecule has 0 saturated heterocycles. The second-order valence-electron chi connectivity index (χ2n) is 5.81. The molecular formula is C17H26N2O. The van der Waals surface area contributed by atoms with Gasteiger partial charge in [-0.3, -0.25) is 4.79 Å². The third-order valence-corrected chi connectivity index (χ3v) is 3.88. The van der Waals surface area contributed by atoms with Crippen molar-refractivity contribution in [2.75, 3.05) is 5.73 Å². The van der Waals surface area contributed by atoms with Gasteiger partial charge in [0, 0.05) is 24.7 Å². The highest BCUT2D eigenvalue weighted by Gasteiger charge is 2.31. The Morgan fingerprint density at radius 2 is 1.90 bits per heavy atom. The van der Waals surface area contributed by atoms with Gasteiger partial charge in [0.05, 0.1) is 0 Å². The summed E-state index contributed by atoms with van der Waals surface area (Å²) in [6, 6.07) is 8.34. The molecule has 3 heteroatoms. The Morgan fingerprint density at radius 3 is 2.50 bits per heavy atom. The monoisotopic (exact) mass is 274 g/mol. The van der Waals surface area contributed by atoms with Crippen molar-refractivity contribution in [3.05, 3.63) is 29.8 Å². The highest BCUT2D eigenvalue weighted by Crippen LogP contribution is 2.29. The van der Waals surface area contributed by atoms with Crippen LogP contribution in [-0.4, -0.2) is 16.8 Å². The van der Waals surface area contributed by atoms with Crippen LogP contribution in [0.5, 0.6) is 0 Å². The van der Waals surface area contributed by atoms with E-state index in [0.29, 0.717) is 18.4 Å². The Bertz CT molecular complexity index is 423. The summed E-state index contributed by atoms with van der Waals surface area (Å²) >= 11 is 0. The SMILES string of the molecule is CCCCCCC(=O)N(Cc1ccc(N)cc1)C1CC1. The first kappa shape index (κ1) is 14.9. The molecule has 20 heavy (non-hydrogen) atoms. The zero-order chi connectivity index (χ0) is 14.4. The molecule has 0 aromatic heterocycles. The Kier molecular flexibility index (Phi) is 5.45. The van der Waals surface area contributed by atoms with Gasteiger partial charge in [-0.2, -0.15) is 0 Å². The van der Waals surface area contributed by atoms with Crippen LogP contribution in [0.25, 0.3) is 0 Å². The van der Waals surface area contributed by atoms with Crippen molar-refractivity contribution in [3.8, 4) is 0 Å². The van der Waals surface area contributed by atoms with E-state index in [0.717, 1.165) is 31.5 Å². The first-order valence-electron chi connectivity index (χ1n) is 7.84. The number of nitrogens with two attached hydrogens (primary N) is 1. The Labute approximate surface area is 122 Å². The minimum Gasteiger partial charge on any atom is -0.399 e. The lowest BCUT2D eigenvalue weighted by Gasteiger charge is -2.22. The number of benzene rings is 1. The third-order valence-electron chi connectivity index (χ3n) is 3.88. The van der Waals surface area contributed by atoms with Crippen LogP contribution >= 0.6 is 0 Å². The molecule has 1 aromatic carbocycles. The van der Waals surface area contributed by atoms with E-state index in [2.05, 4.69) is 11.8 Å². The molecular weight excluding hydrogens is 248 g/mol. The van der Waals surface area contributed by atoms with Crippen LogP contribution in [0, 0.1) is 0 Å². The number of hydrogen-bond acceptors (Lipinski definition) is 2. The number of anilines is 1. The normalized spacial score (nSPS) is 14.2. The summed E-state index contributed by atoms with van der Waals surface area (Å²) in [6.45, 7) is 2.93. The fraction of sp³-hybridized carbons (Fsp3) is 0.588. The van der Waals surface area contributed by atoms with Crippen molar-refractivity contribution in [1.82, 2.24) is 4.90 Å². The second kappa shape index (κ2) is 7.32. The average Bonchev–Trinajstić information content (AvgIpc) is 3.27. The minimum absolute atomic E-state index is 0.320. The maximum absolute atomic E-state index is 12.4. The van der Waals surface area contributed by atoms with E-state index in [1.807, 2.05) is 24.3 Å². The predicted octanol–water partition coefficient (Wildman–Crippen LogP) is 3.73. The van der Waals surface area contributed by atoms with E-state index in [1.165, 1.54) is 24.8 Å². The molecule has 2 N–H and O–H groups in total. The summed E-state index contributed by atoms with van der Waals surface area (Å²) < 4.78 is 0. The van der Waals surface area contributed by atoms with Gasteiger partial charge in [0.15, 0.2) is 0 Å². The zero-order valence-electron chi connectivity index (χ0n) is 12.5. The van der Waals surface area contributed by atoms with Crippen LogP contribution < -0.4 is 5.73 Å². The molecule has 0 atom stereocenters. The van der Waals surface area contributed by atoms with Gasteiger partial charge in [-0.1, -0.05) is 38.3 Å². The summed E-state index contributed by atoms with van der Waals surface area (Å²) in [6.07, 6.45) is 7.66. The van der Waals surface area contributed by atoms with Crippen molar-refractivity contribution in [2.45, 2.75) is 64.5 Å². The van der Waals surface area contributed by atoms with Gasteiger partial charge in [-0.05, 0) is 37.0 Å². The van der Waals surface area contributed by atoms with Crippen LogP contribution in [0.3, 0.4) is 0 Å². The second-order valence-corrected chi connectivity index (χ2v) is 5.81. The van der Waals surface area contributed by atoms with Gasteiger partial charge in [0.1, 0.15) is 0 Å². The van der Waals surface area contributed by atoms with Crippen LogP contribution in [0.2, 0.25) is 0 Å². The van der Waals surface area contributed by atoms with E-state index in [4.69, 9.17) is 5.73 Å². The van der Waals surface area contributed by atoms with Crippen LogP contribution in [0.15, 0.2) is 24.3 Å². The number of carbonyl (C=O) groups is 1. The number of carbonyl (C=O) groups excluding carboxylic acids is 1. The lowest BCUT2D eigenvalue weighted by atomic mass is 10.1. The molecule has 1 aliphatic carbocycles. The smallest absolute Gasteiger partial charge is 0.223 e. The zero-order valence-corrected chi connectivity index (χ0v) is 12.5. The summed E-state index contributed by atoms with van der Waals surface area (Å²) in [5.41, 5.74) is 7.65. The fourth-order valence-electron chi connectivity index (χ4n) is 2.47.